The van der Waals surface area contributed by atoms with Crippen molar-refractivity contribution in [3.8, 4) is 10.6 Å². The van der Waals surface area contributed by atoms with E-state index in [0.29, 0.717) is 6.04 Å². The molecule has 5 heteroatoms. The summed E-state index contributed by atoms with van der Waals surface area (Å²) in [5.41, 5.74) is 5.05. The van der Waals surface area contributed by atoms with Crippen molar-refractivity contribution < 1.29 is 0 Å². The van der Waals surface area contributed by atoms with Gasteiger partial charge in [-0.25, -0.2) is 4.98 Å². The van der Waals surface area contributed by atoms with Crippen LogP contribution in [0.2, 0.25) is 0 Å². The van der Waals surface area contributed by atoms with Crippen LogP contribution in [0.4, 0.5) is 0 Å². The fourth-order valence-corrected chi connectivity index (χ4v) is 4.31. The number of benzene rings is 1. The Labute approximate surface area is 146 Å². The van der Waals surface area contributed by atoms with Crippen LogP contribution >= 0.6 is 11.3 Å². The number of hydrogen-bond acceptors (Lipinski definition) is 4. The average Bonchev–Trinajstić information content (AvgIpc) is 3.28. The Balaban J connectivity index is 1.51. The Hall–Kier alpha value is -1.98. The Kier molecular flexibility index (Phi) is 4.21. The van der Waals surface area contributed by atoms with E-state index in [1.807, 2.05) is 24.1 Å². The standard InChI is InChI=1S/C19H22N4S/c1-14-5-3-6-15(9-14)18-7-4-8-23(18)12-17-13-24-19(21-17)16-10-20-22(2)11-16/h3,5-6,9-11,13,18H,4,7-8,12H2,1-2H3/t18-/m1/s1. The minimum atomic E-state index is 0.522. The van der Waals surface area contributed by atoms with Gasteiger partial charge in [-0.3, -0.25) is 9.58 Å². The molecule has 0 saturated carbocycles. The van der Waals surface area contributed by atoms with Crippen molar-refractivity contribution in [1.82, 2.24) is 19.7 Å². The van der Waals surface area contributed by atoms with Crippen molar-refractivity contribution in [3.63, 3.8) is 0 Å². The van der Waals surface area contributed by atoms with Gasteiger partial charge in [0, 0.05) is 36.8 Å². The van der Waals surface area contributed by atoms with E-state index in [9.17, 15) is 0 Å². The molecule has 124 valence electrons. The maximum Gasteiger partial charge on any atom is 0.126 e. The van der Waals surface area contributed by atoms with E-state index in [-0.39, 0.29) is 0 Å². The molecule has 0 spiro atoms. The summed E-state index contributed by atoms with van der Waals surface area (Å²) in [5, 5.41) is 7.49. The monoisotopic (exact) mass is 338 g/mol. The third-order valence-electron chi connectivity index (χ3n) is 4.66. The first-order chi connectivity index (χ1) is 11.7. The van der Waals surface area contributed by atoms with Crippen molar-refractivity contribution >= 4 is 11.3 Å². The van der Waals surface area contributed by atoms with Gasteiger partial charge < -0.3 is 0 Å². The van der Waals surface area contributed by atoms with E-state index in [1.54, 1.807) is 11.3 Å². The second-order valence-corrected chi connectivity index (χ2v) is 7.45. The molecule has 3 heterocycles. The topological polar surface area (TPSA) is 34.0 Å². The molecular formula is C19H22N4S. The maximum atomic E-state index is 4.83. The lowest BCUT2D eigenvalue weighted by atomic mass is 10.0. The molecule has 2 aromatic heterocycles. The van der Waals surface area contributed by atoms with Crippen LogP contribution in [0.3, 0.4) is 0 Å². The molecule has 1 atom stereocenters. The second kappa shape index (κ2) is 6.49. The minimum Gasteiger partial charge on any atom is -0.290 e. The third kappa shape index (κ3) is 3.14. The molecule has 0 N–H and O–H groups in total. The van der Waals surface area contributed by atoms with Crippen LogP contribution in [-0.2, 0) is 13.6 Å². The summed E-state index contributed by atoms with van der Waals surface area (Å²) < 4.78 is 1.82. The molecule has 4 rings (SSSR count). The molecule has 0 radical (unpaired) electrons. The van der Waals surface area contributed by atoms with Crippen molar-refractivity contribution in [2.45, 2.75) is 32.4 Å². The van der Waals surface area contributed by atoms with Crippen molar-refractivity contribution in [2.75, 3.05) is 6.54 Å². The number of hydrogen-bond donors (Lipinski definition) is 0. The summed E-state index contributed by atoms with van der Waals surface area (Å²) in [7, 11) is 1.94. The smallest absolute Gasteiger partial charge is 0.126 e. The molecule has 1 aliphatic rings. The quantitative estimate of drug-likeness (QED) is 0.715. The number of rotatable bonds is 4. The molecule has 4 nitrogen and oxygen atoms in total. The molecule has 1 aliphatic heterocycles. The summed E-state index contributed by atoms with van der Waals surface area (Å²) in [6.07, 6.45) is 6.41. The Bertz CT molecular complexity index is 835. The lowest BCUT2D eigenvalue weighted by Gasteiger charge is -2.24. The zero-order valence-electron chi connectivity index (χ0n) is 14.1. The van der Waals surface area contributed by atoms with Gasteiger partial charge in [-0.2, -0.15) is 5.10 Å². The zero-order valence-corrected chi connectivity index (χ0v) is 15.0. The first kappa shape index (κ1) is 15.5. The number of thiazole rings is 1. The Morgan fingerprint density at radius 3 is 3.04 bits per heavy atom. The average molecular weight is 338 g/mol. The number of nitrogens with zero attached hydrogens (tertiary/aromatic N) is 4. The lowest BCUT2D eigenvalue weighted by Crippen LogP contribution is -2.23. The fraction of sp³-hybridized carbons (Fsp3) is 0.368. The predicted molar refractivity (Wildman–Crippen MR) is 97.9 cm³/mol. The van der Waals surface area contributed by atoms with Gasteiger partial charge >= 0.3 is 0 Å². The van der Waals surface area contributed by atoms with Gasteiger partial charge in [0.15, 0.2) is 0 Å². The molecule has 24 heavy (non-hydrogen) atoms. The van der Waals surface area contributed by atoms with Crippen LogP contribution in [0.1, 0.15) is 35.7 Å². The molecule has 0 bridgehead atoms. The van der Waals surface area contributed by atoms with E-state index in [1.165, 1.54) is 29.7 Å². The van der Waals surface area contributed by atoms with Gasteiger partial charge in [-0.05, 0) is 31.9 Å². The van der Waals surface area contributed by atoms with Crippen LogP contribution < -0.4 is 0 Å². The minimum absolute atomic E-state index is 0.522. The van der Waals surface area contributed by atoms with E-state index in [2.05, 4.69) is 46.6 Å². The number of likely N-dealkylation sites (tertiary alicyclic amines) is 1. The van der Waals surface area contributed by atoms with Crippen LogP contribution in [0.5, 0.6) is 0 Å². The Morgan fingerprint density at radius 1 is 1.33 bits per heavy atom. The van der Waals surface area contributed by atoms with Gasteiger partial charge in [0.25, 0.3) is 0 Å². The summed E-state index contributed by atoms with van der Waals surface area (Å²) in [4.78, 5) is 7.39. The Morgan fingerprint density at radius 2 is 2.25 bits per heavy atom. The van der Waals surface area contributed by atoms with Crippen LogP contribution in [0.15, 0.2) is 42.0 Å². The highest BCUT2D eigenvalue weighted by atomic mass is 32.1. The molecule has 3 aromatic rings. The molecular weight excluding hydrogens is 316 g/mol. The van der Waals surface area contributed by atoms with E-state index < -0.39 is 0 Å². The second-order valence-electron chi connectivity index (χ2n) is 6.59. The van der Waals surface area contributed by atoms with Crippen LogP contribution in [0.25, 0.3) is 10.6 Å². The summed E-state index contributed by atoms with van der Waals surface area (Å²) >= 11 is 1.71. The first-order valence-electron chi connectivity index (χ1n) is 8.43. The highest BCUT2D eigenvalue weighted by Crippen LogP contribution is 2.34. The van der Waals surface area contributed by atoms with E-state index >= 15 is 0 Å². The van der Waals surface area contributed by atoms with Gasteiger partial charge in [0.05, 0.1) is 11.9 Å². The zero-order chi connectivity index (χ0) is 16.5. The van der Waals surface area contributed by atoms with Gasteiger partial charge in [-0.1, -0.05) is 29.8 Å². The third-order valence-corrected chi connectivity index (χ3v) is 5.60. The lowest BCUT2D eigenvalue weighted by molar-refractivity contribution is 0.246. The predicted octanol–water partition coefficient (Wildman–Crippen LogP) is 4.19. The summed E-state index contributed by atoms with van der Waals surface area (Å²) in [5.74, 6) is 0. The van der Waals surface area contributed by atoms with Gasteiger partial charge in [-0.15, -0.1) is 11.3 Å². The van der Waals surface area contributed by atoms with Crippen LogP contribution in [-0.4, -0.2) is 26.2 Å². The fourth-order valence-electron chi connectivity index (χ4n) is 3.52. The molecule has 0 unspecified atom stereocenters. The van der Waals surface area contributed by atoms with Crippen LogP contribution in [0, 0.1) is 6.92 Å². The SMILES string of the molecule is Cc1cccc([C@H]2CCCN2Cc2csc(-c3cnn(C)c3)n2)c1. The van der Waals surface area contributed by atoms with Crippen molar-refractivity contribution in [1.29, 1.82) is 0 Å². The molecule has 1 aromatic carbocycles. The first-order valence-corrected chi connectivity index (χ1v) is 9.31. The molecule has 0 aliphatic carbocycles. The van der Waals surface area contributed by atoms with Gasteiger partial charge in [0.2, 0.25) is 0 Å². The largest absolute Gasteiger partial charge is 0.290 e. The van der Waals surface area contributed by atoms with Gasteiger partial charge in [0.1, 0.15) is 5.01 Å². The van der Waals surface area contributed by atoms with Crippen molar-refractivity contribution in [3.05, 3.63) is 58.9 Å². The molecule has 1 fully saturated rings. The highest BCUT2D eigenvalue weighted by molar-refractivity contribution is 7.13. The van der Waals surface area contributed by atoms with Crippen molar-refractivity contribution in [2.24, 2.45) is 7.05 Å². The summed E-state index contributed by atoms with van der Waals surface area (Å²) in [6.45, 7) is 4.25. The maximum absolute atomic E-state index is 4.83. The van der Waals surface area contributed by atoms with E-state index in [4.69, 9.17) is 4.98 Å². The highest BCUT2D eigenvalue weighted by Gasteiger charge is 2.26. The normalized spacial score (nSPS) is 18.3. The summed E-state index contributed by atoms with van der Waals surface area (Å²) in [6, 6.07) is 9.45. The number of aryl methyl sites for hydroxylation is 2. The van der Waals surface area contributed by atoms with E-state index in [0.717, 1.165) is 23.7 Å². The molecule has 0 amide bonds. The number of aromatic nitrogens is 3. The molecule has 1 saturated heterocycles.